The number of aliphatic hydroxyl groups excluding tert-OH is 1. The number of benzene rings is 2. The Bertz CT molecular complexity index is 1040. The molecule has 1 aromatic heterocycles. The summed E-state index contributed by atoms with van der Waals surface area (Å²) < 4.78 is 38.6. The van der Waals surface area contributed by atoms with Gasteiger partial charge in [-0.05, 0) is 53.4 Å². The zero-order valence-corrected chi connectivity index (χ0v) is 15.2. The zero-order valence-electron chi connectivity index (χ0n) is 14.4. The molecule has 3 aromatic rings. The quantitative estimate of drug-likeness (QED) is 0.658. The van der Waals surface area contributed by atoms with Crippen molar-refractivity contribution in [2.75, 3.05) is 6.61 Å². The molecule has 4 nitrogen and oxygen atoms in total. The van der Waals surface area contributed by atoms with Crippen LogP contribution in [0.15, 0.2) is 76.8 Å². The molecule has 0 aliphatic carbocycles. The molecule has 0 aliphatic heterocycles. The van der Waals surface area contributed by atoms with Crippen molar-refractivity contribution in [2.24, 2.45) is 0 Å². The fourth-order valence-electron chi connectivity index (χ4n) is 2.61. The summed E-state index contributed by atoms with van der Waals surface area (Å²) in [4.78, 5) is 4.15. The summed E-state index contributed by atoms with van der Waals surface area (Å²) in [5.74, 6) is -0.295. The molecule has 6 heteroatoms. The molecule has 0 atom stereocenters. The van der Waals surface area contributed by atoms with Crippen LogP contribution < -0.4 is 0 Å². The molecule has 27 heavy (non-hydrogen) atoms. The topological polar surface area (TPSA) is 67.3 Å². The minimum atomic E-state index is -3.77. The van der Waals surface area contributed by atoms with E-state index < -0.39 is 9.84 Å². The molecule has 1 N–H and O–H groups in total. The van der Waals surface area contributed by atoms with Crippen LogP contribution in [0, 0.1) is 5.82 Å². The largest absolute Gasteiger partial charge is 0.396 e. The minimum Gasteiger partial charge on any atom is -0.396 e. The van der Waals surface area contributed by atoms with Crippen LogP contribution in [-0.2, 0) is 16.3 Å². The lowest BCUT2D eigenvalue weighted by Crippen LogP contribution is -2.09. The fourth-order valence-corrected chi connectivity index (χ4v) is 4.05. The van der Waals surface area contributed by atoms with Gasteiger partial charge in [0.1, 0.15) is 5.82 Å². The first kappa shape index (κ1) is 18.9. The SMILES string of the molecule is O=S(=O)(c1ccc(/C=C/c2ccc(F)cc2)cc1)c1ncccc1CCO. The zero-order chi connectivity index (χ0) is 19.3. The standard InChI is InChI=1S/C21H18FNO3S/c22-19-9-5-16(6-10-19)3-4-17-7-11-20(12-8-17)27(25,26)21-18(13-15-24)2-1-14-23-21/h1-12,14,24H,13,15H2/b4-3+. The Morgan fingerprint density at radius 1 is 0.926 bits per heavy atom. The van der Waals surface area contributed by atoms with Gasteiger partial charge < -0.3 is 5.11 Å². The van der Waals surface area contributed by atoms with Crippen molar-refractivity contribution < 1.29 is 17.9 Å². The van der Waals surface area contributed by atoms with Crippen LogP contribution >= 0.6 is 0 Å². The smallest absolute Gasteiger partial charge is 0.224 e. The molecule has 0 unspecified atom stereocenters. The summed E-state index contributed by atoms with van der Waals surface area (Å²) in [6.07, 6.45) is 5.29. The molecular weight excluding hydrogens is 365 g/mol. The Morgan fingerprint density at radius 3 is 2.11 bits per heavy atom. The van der Waals surface area contributed by atoms with Gasteiger partial charge in [-0.3, -0.25) is 0 Å². The number of aliphatic hydroxyl groups is 1. The second-order valence-electron chi connectivity index (χ2n) is 5.90. The van der Waals surface area contributed by atoms with Gasteiger partial charge in [-0.15, -0.1) is 0 Å². The van der Waals surface area contributed by atoms with E-state index in [1.165, 1.54) is 30.5 Å². The highest BCUT2D eigenvalue weighted by atomic mass is 32.2. The first-order valence-electron chi connectivity index (χ1n) is 8.34. The maximum atomic E-state index is 12.9. The third-order valence-corrected chi connectivity index (χ3v) is 5.78. The van der Waals surface area contributed by atoms with E-state index in [-0.39, 0.29) is 28.8 Å². The monoisotopic (exact) mass is 383 g/mol. The lowest BCUT2D eigenvalue weighted by atomic mass is 10.1. The van der Waals surface area contributed by atoms with Gasteiger partial charge in [0.25, 0.3) is 0 Å². The molecule has 0 aliphatic rings. The maximum absolute atomic E-state index is 12.9. The van der Waals surface area contributed by atoms with Gasteiger partial charge in [0.15, 0.2) is 5.03 Å². The highest BCUT2D eigenvalue weighted by Gasteiger charge is 2.22. The molecule has 2 aromatic carbocycles. The van der Waals surface area contributed by atoms with Crippen molar-refractivity contribution in [1.82, 2.24) is 4.98 Å². The molecule has 0 saturated carbocycles. The summed E-state index contributed by atoms with van der Waals surface area (Å²) >= 11 is 0. The van der Waals surface area contributed by atoms with Crippen LogP contribution in [0.1, 0.15) is 16.7 Å². The summed E-state index contributed by atoms with van der Waals surface area (Å²) in [7, 11) is -3.77. The van der Waals surface area contributed by atoms with E-state index in [1.54, 1.807) is 36.4 Å². The molecule has 138 valence electrons. The molecule has 0 bridgehead atoms. The van der Waals surface area contributed by atoms with Crippen LogP contribution in [0.4, 0.5) is 4.39 Å². The molecule has 3 rings (SSSR count). The number of sulfone groups is 1. The number of rotatable bonds is 6. The molecule has 0 spiro atoms. The highest BCUT2D eigenvalue weighted by Crippen LogP contribution is 2.23. The van der Waals surface area contributed by atoms with Gasteiger partial charge in [0.2, 0.25) is 9.84 Å². The van der Waals surface area contributed by atoms with E-state index in [4.69, 9.17) is 5.11 Å². The van der Waals surface area contributed by atoms with Crippen LogP contribution in [0.5, 0.6) is 0 Å². The van der Waals surface area contributed by atoms with E-state index in [9.17, 15) is 12.8 Å². The number of halogens is 1. The van der Waals surface area contributed by atoms with Crippen LogP contribution in [0.2, 0.25) is 0 Å². The summed E-state index contributed by atoms with van der Waals surface area (Å²) in [5.41, 5.74) is 2.14. The summed E-state index contributed by atoms with van der Waals surface area (Å²) in [6.45, 7) is -0.151. The lowest BCUT2D eigenvalue weighted by molar-refractivity contribution is 0.298. The van der Waals surface area contributed by atoms with Gasteiger partial charge in [-0.1, -0.05) is 42.5 Å². The molecule has 0 saturated heterocycles. The average Bonchev–Trinajstić information content (AvgIpc) is 2.68. The van der Waals surface area contributed by atoms with Crippen molar-refractivity contribution in [3.05, 3.63) is 89.4 Å². The average molecular weight is 383 g/mol. The number of pyridine rings is 1. The van der Waals surface area contributed by atoms with Crippen molar-refractivity contribution in [3.63, 3.8) is 0 Å². The Balaban J connectivity index is 1.85. The normalized spacial score (nSPS) is 11.8. The van der Waals surface area contributed by atoms with E-state index >= 15 is 0 Å². The van der Waals surface area contributed by atoms with E-state index in [1.807, 2.05) is 12.2 Å². The van der Waals surface area contributed by atoms with Crippen molar-refractivity contribution in [3.8, 4) is 0 Å². The number of hydrogen-bond donors (Lipinski definition) is 1. The Labute approximate surface area is 157 Å². The third kappa shape index (κ3) is 4.48. The number of hydrogen-bond acceptors (Lipinski definition) is 4. The predicted molar refractivity (Wildman–Crippen MR) is 102 cm³/mol. The first-order chi connectivity index (χ1) is 13.0. The third-order valence-electron chi connectivity index (χ3n) is 4.01. The van der Waals surface area contributed by atoms with Crippen molar-refractivity contribution in [2.45, 2.75) is 16.3 Å². The molecule has 1 heterocycles. The second kappa shape index (κ2) is 8.24. The summed E-state index contributed by atoms with van der Waals surface area (Å²) in [6, 6.07) is 15.8. The Morgan fingerprint density at radius 2 is 1.52 bits per heavy atom. The molecule has 0 radical (unpaired) electrons. The van der Waals surface area contributed by atoms with Crippen molar-refractivity contribution in [1.29, 1.82) is 0 Å². The van der Waals surface area contributed by atoms with Crippen LogP contribution in [0.25, 0.3) is 12.2 Å². The van der Waals surface area contributed by atoms with Crippen LogP contribution in [0.3, 0.4) is 0 Å². The lowest BCUT2D eigenvalue weighted by Gasteiger charge is -2.09. The number of nitrogens with zero attached hydrogens (tertiary/aromatic N) is 1. The Kier molecular flexibility index (Phi) is 5.78. The van der Waals surface area contributed by atoms with Gasteiger partial charge in [-0.2, -0.15) is 0 Å². The van der Waals surface area contributed by atoms with E-state index in [0.717, 1.165) is 11.1 Å². The van der Waals surface area contributed by atoms with Gasteiger partial charge in [0.05, 0.1) is 4.90 Å². The summed E-state index contributed by atoms with van der Waals surface area (Å²) in [5, 5.41) is 9.10. The molecular formula is C21H18FNO3S. The first-order valence-corrected chi connectivity index (χ1v) is 9.82. The van der Waals surface area contributed by atoms with Crippen molar-refractivity contribution >= 4 is 22.0 Å². The van der Waals surface area contributed by atoms with E-state index in [2.05, 4.69) is 4.98 Å². The van der Waals surface area contributed by atoms with E-state index in [0.29, 0.717) is 5.56 Å². The highest BCUT2D eigenvalue weighted by molar-refractivity contribution is 7.91. The predicted octanol–water partition coefficient (Wildman–Crippen LogP) is 3.76. The number of aromatic nitrogens is 1. The minimum absolute atomic E-state index is 0.0337. The van der Waals surface area contributed by atoms with Crippen LogP contribution in [-0.4, -0.2) is 25.1 Å². The fraction of sp³-hybridized carbons (Fsp3) is 0.0952. The van der Waals surface area contributed by atoms with Gasteiger partial charge >= 0.3 is 0 Å². The molecule has 0 amide bonds. The molecule has 0 fully saturated rings. The van der Waals surface area contributed by atoms with Gasteiger partial charge in [0, 0.05) is 12.8 Å². The maximum Gasteiger partial charge on any atom is 0.224 e. The second-order valence-corrected chi connectivity index (χ2v) is 7.76. The van der Waals surface area contributed by atoms with Gasteiger partial charge in [-0.25, -0.2) is 17.8 Å². The Hall–Kier alpha value is -2.83.